The maximum absolute atomic E-state index is 11.0. The van der Waals surface area contributed by atoms with Gasteiger partial charge in [-0.1, -0.05) is 0 Å². The molecule has 7 nitrogen and oxygen atoms in total. The van der Waals surface area contributed by atoms with Crippen molar-refractivity contribution in [3.05, 3.63) is 57.9 Å². The smallest absolute Gasteiger partial charge is 0.335 e. The van der Waals surface area contributed by atoms with Crippen LogP contribution in [0.1, 0.15) is 16.1 Å². The van der Waals surface area contributed by atoms with E-state index < -0.39 is 10.9 Å². The van der Waals surface area contributed by atoms with Crippen LogP contribution >= 0.6 is 0 Å². The van der Waals surface area contributed by atoms with Crippen LogP contribution in [0.5, 0.6) is 0 Å². The van der Waals surface area contributed by atoms with Crippen LogP contribution in [0, 0.1) is 21.4 Å². The van der Waals surface area contributed by atoms with E-state index in [0.717, 1.165) is 6.07 Å². The Balaban J connectivity index is 2.68. The number of nitriles is 1. The maximum atomic E-state index is 11.0. The van der Waals surface area contributed by atoms with Gasteiger partial charge in [0.2, 0.25) is 0 Å². The van der Waals surface area contributed by atoms with Gasteiger partial charge < -0.3 is 9.67 Å². The largest absolute Gasteiger partial charge is 0.478 e. The van der Waals surface area contributed by atoms with Gasteiger partial charge in [-0.3, -0.25) is 10.1 Å². The predicted octanol–water partition coefficient (Wildman–Crippen LogP) is 1.96. The van der Waals surface area contributed by atoms with Crippen LogP contribution in [-0.4, -0.2) is 20.6 Å². The van der Waals surface area contributed by atoms with E-state index in [0.29, 0.717) is 0 Å². The Morgan fingerprint density at radius 3 is 2.74 bits per heavy atom. The fourth-order valence-corrected chi connectivity index (χ4v) is 1.69. The monoisotopic (exact) mass is 257 g/mol. The summed E-state index contributed by atoms with van der Waals surface area (Å²) < 4.78 is 1.34. The van der Waals surface area contributed by atoms with Crippen molar-refractivity contribution in [1.82, 2.24) is 4.57 Å². The molecule has 0 saturated carbocycles. The van der Waals surface area contributed by atoms with Gasteiger partial charge in [0.25, 0.3) is 5.69 Å². The van der Waals surface area contributed by atoms with Crippen molar-refractivity contribution in [3.63, 3.8) is 0 Å². The van der Waals surface area contributed by atoms with Gasteiger partial charge in [-0.2, -0.15) is 5.26 Å². The summed E-state index contributed by atoms with van der Waals surface area (Å²) in [4.78, 5) is 21.1. The lowest BCUT2D eigenvalue weighted by molar-refractivity contribution is -0.384. The number of aromatic nitrogens is 1. The summed E-state index contributed by atoms with van der Waals surface area (Å²) in [6, 6.07) is 8.52. The minimum atomic E-state index is -1.25. The molecule has 0 fully saturated rings. The van der Waals surface area contributed by atoms with Crippen LogP contribution in [0.2, 0.25) is 0 Å². The Kier molecular flexibility index (Phi) is 3.00. The quantitative estimate of drug-likeness (QED) is 0.667. The molecule has 0 atom stereocenters. The van der Waals surface area contributed by atoms with Gasteiger partial charge in [0.05, 0.1) is 10.5 Å². The minimum Gasteiger partial charge on any atom is -0.478 e. The van der Waals surface area contributed by atoms with E-state index in [2.05, 4.69) is 0 Å². The van der Waals surface area contributed by atoms with Gasteiger partial charge >= 0.3 is 5.97 Å². The number of benzene rings is 1. The first-order chi connectivity index (χ1) is 9.04. The molecule has 0 unspecified atom stereocenters. The molecular weight excluding hydrogens is 250 g/mol. The average Bonchev–Trinajstić information content (AvgIpc) is 2.85. The summed E-state index contributed by atoms with van der Waals surface area (Å²) >= 11 is 0. The van der Waals surface area contributed by atoms with Crippen LogP contribution in [0.15, 0.2) is 36.5 Å². The number of rotatable bonds is 3. The molecular formula is C12H7N3O4. The van der Waals surface area contributed by atoms with Gasteiger partial charge in [0, 0.05) is 12.3 Å². The van der Waals surface area contributed by atoms with Crippen LogP contribution in [0.4, 0.5) is 5.69 Å². The Morgan fingerprint density at radius 2 is 2.16 bits per heavy atom. The normalized spacial score (nSPS) is 9.84. The summed E-state index contributed by atoms with van der Waals surface area (Å²) in [6.45, 7) is 0. The third-order valence-corrected chi connectivity index (χ3v) is 2.54. The molecule has 0 spiro atoms. The van der Waals surface area contributed by atoms with Crippen LogP contribution < -0.4 is 0 Å². The molecule has 0 radical (unpaired) electrons. The number of hydrogen-bond donors (Lipinski definition) is 1. The zero-order valence-corrected chi connectivity index (χ0v) is 9.48. The number of carboxylic acid groups (broad SMARTS) is 1. The second-order valence-electron chi connectivity index (χ2n) is 3.64. The van der Waals surface area contributed by atoms with Crippen molar-refractivity contribution in [2.45, 2.75) is 0 Å². The molecule has 0 amide bonds. The van der Waals surface area contributed by atoms with E-state index in [-0.39, 0.29) is 22.6 Å². The lowest BCUT2D eigenvalue weighted by atomic mass is 10.1. The van der Waals surface area contributed by atoms with Crippen LogP contribution in [0.25, 0.3) is 5.69 Å². The van der Waals surface area contributed by atoms with Gasteiger partial charge in [-0.05, 0) is 24.3 Å². The molecule has 0 bridgehead atoms. The van der Waals surface area contributed by atoms with E-state index in [1.165, 1.54) is 29.0 Å². The molecule has 2 aromatic rings. The third-order valence-electron chi connectivity index (χ3n) is 2.54. The van der Waals surface area contributed by atoms with E-state index in [9.17, 15) is 14.9 Å². The first kappa shape index (κ1) is 12.3. The topological polar surface area (TPSA) is 109 Å². The average molecular weight is 257 g/mol. The standard InChI is InChI=1S/C12H7N3O4/c13-7-9-2-1-5-14(9)10-4-3-8(12(16)17)6-11(10)15(18)19/h1-6H,(H,16,17). The zero-order valence-electron chi connectivity index (χ0n) is 9.48. The van der Waals surface area contributed by atoms with Gasteiger partial charge in [-0.15, -0.1) is 0 Å². The third kappa shape index (κ3) is 2.14. The molecule has 0 aliphatic heterocycles. The molecule has 0 aliphatic carbocycles. The molecule has 0 aliphatic rings. The number of hydrogen-bond acceptors (Lipinski definition) is 4. The summed E-state index contributed by atoms with van der Waals surface area (Å²) in [5, 5.41) is 28.7. The minimum absolute atomic E-state index is 0.150. The van der Waals surface area contributed by atoms with Crippen LogP contribution in [0.3, 0.4) is 0 Å². The Labute approximate surface area is 107 Å². The number of carboxylic acids is 1. The van der Waals surface area contributed by atoms with E-state index >= 15 is 0 Å². The van der Waals surface area contributed by atoms with Gasteiger partial charge in [-0.25, -0.2) is 4.79 Å². The van der Waals surface area contributed by atoms with Crippen molar-refractivity contribution in [2.24, 2.45) is 0 Å². The summed E-state index contributed by atoms with van der Waals surface area (Å²) in [5.74, 6) is -1.25. The second kappa shape index (κ2) is 4.62. The first-order valence-electron chi connectivity index (χ1n) is 5.14. The van der Waals surface area contributed by atoms with Crippen LogP contribution in [-0.2, 0) is 0 Å². The highest BCUT2D eigenvalue weighted by Crippen LogP contribution is 2.25. The molecule has 1 heterocycles. The summed E-state index contributed by atoms with van der Waals surface area (Å²) in [5.41, 5.74) is -0.170. The maximum Gasteiger partial charge on any atom is 0.335 e. The molecule has 2 rings (SSSR count). The fraction of sp³-hybridized carbons (Fsp3) is 0. The number of nitro groups is 1. The highest BCUT2D eigenvalue weighted by molar-refractivity contribution is 5.89. The SMILES string of the molecule is N#Cc1cccn1-c1ccc(C(=O)O)cc1[N+](=O)[O-]. The van der Waals surface area contributed by atoms with Crippen molar-refractivity contribution < 1.29 is 14.8 Å². The number of nitrogens with zero attached hydrogens (tertiary/aromatic N) is 3. The first-order valence-corrected chi connectivity index (χ1v) is 5.14. The molecule has 0 saturated heterocycles. The Bertz CT molecular complexity index is 712. The van der Waals surface area contributed by atoms with Crippen molar-refractivity contribution >= 4 is 11.7 Å². The molecule has 7 heteroatoms. The lowest BCUT2D eigenvalue weighted by Crippen LogP contribution is -2.04. The van der Waals surface area contributed by atoms with E-state index in [4.69, 9.17) is 10.4 Å². The Morgan fingerprint density at radius 1 is 1.42 bits per heavy atom. The Hall–Kier alpha value is -3.14. The molecule has 94 valence electrons. The number of nitro benzene ring substituents is 1. The summed E-state index contributed by atoms with van der Waals surface area (Å²) in [7, 11) is 0. The predicted molar refractivity (Wildman–Crippen MR) is 64.1 cm³/mol. The van der Waals surface area contributed by atoms with Crippen molar-refractivity contribution in [1.29, 1.82) is 5.26 Å². The summed E-state index contributed by atoms with van der Waals surface area (Å²) in [6.07, 6.45) is 1.50. The number of carbonyl (C=O) groups is 1. The highest BCUT2D eigenvalue weighted by Gasteiger charge is 2.19. The molecule has 1 N–H and O–H groups in total. The number of aromatic carboxylic acids is 1. The lowest BCUT2D eigenvalue weighted by Gasteiger charge is -2.06. The van der Waals surface area contributed by atoms with E-state index in [1.807, 2.05) is 6.07 Å². The van der Waals surface area contributed by atoms with Gasteiger partial charge in [0.15, 0.2) is 0 Å². The molecule has 19 heavy (non-hydrogen) atoms. The van der Waals surface area contributed by atoms with Crippen molar-refractivity contribution in [3.8, 4) is 11.8 Å². The van der Waals surface area contributed by atoms with E-state index in [1.54, 1.807) is 6.07 Å². The fourth-order valence-electron chi connectivity index (χ4n) is 1.69. The molecule has 1 aromatic carbocycles. The highest BCUT2D eigenvalue weighted by atomic mass is 16.6. The van der Waals surface area contributed by atoms with Gasteiger partial charge in [0.1, 0.15) is 17.5 Å². The second-order valence-corrected chi connectivity index (χ2v) is 3.64. The molecule has 1 aromatic heterocycles. The van der Waals surface area contributed by atoms with Crippen molar-refractivity contribution in [2.75, 3.05) is 0 Å². The zero-order chi connectivity index (χ0) is 14.0.